The number of ether oxygens (including phenoxy) is 3. The molecule has 9 heteroatoms. The van der Waals surface area contributed by atoms with Crippen molar-refractivity contribution in [3.8, 4) is 5.75 Å². The molecule has 1 amide bonds. The molecule has 0 fully saturated rings. The maximum Gasteiger partial charge on any atom is 0.220 e. The molecule has 0 bridgehead atoms. The number of allylic oxidation sites excluding steroid dienone is 7. The number of para-hydroxylation sites is 2. The third kappa shape index (κ3) is 11.1. The van der Waals surface area contributed by atoms with E-state index >= 15 is 0 Å². The molecule has 0 spiro atoms. The standard InChI is InChI=1S/C51H66N4O4.HI/c1-7-32-54-44-18-11-9-16-42(44)50(3,4)46(54)27-23-39-14-13-15-40(24-28-47-51(5,6)43-17-10-12-19-45(43)55(47)33-8-2)49(39)59-41-25-20-38(21-26-41)22-29-48(56)53-31-35-58-37-36-57-34-30-52;/h9-12,16-21,23-28H,7-8,13-15,22,29-37,52H2,1-6H3;1H. The molecule has 3 aromatic rings. The SMILES string of the molecule is CCCN1/C(=C/C=C2\CCCC(/C=C/C3=[N+](CCC)c4ccccc4C3(C)C)=C2Oc2ccc(CCC(=O)NCCOCCOCCN)cc2)C(C)(C)c2ccccc21.[I-]. The van der Waals surface area contributed by atoms with E-state index in [0.717, 1.165) is 62.3 Å². The van der Waals surface area contributed by atoms with Gasteiger partial charge in [0, 0.05) is 67.0 Å². The Bertz CT molecular complexity index is 2080. The first-order chi connectivity index (χ1) is 28.6. The van der Waals surface area contributed by atoms with E-state index in [4.69, 9.17) is 19.9 Å². The number of benzene rings is 3. The number of hydrogen-bond donors (Lipinski definition) is 2. The normalized spacial score (nSPS) is 18.0. The molecule has 0 saturated carbocycles. The molecule has 0 radical (unpaired) electrons. The highest BCUT2D eigenvalue weighted by atomic mass is 127. The lowest BCUT2D eigenvalue weighted by molar-refractivity contribution is -0.437. The van der Waals surface area contributed by atoms with Gasteiger partial charge in [-0.05, 0) is 98.6 Å². The number of carbonyl (C=O) groups is 1. The summed E-state index contributed by atoms with van der Waals surface area (Å²) in [5.41, 5.74) is 16.7. The van der Waals surface area contributed by atoms with Crippen LogP contribution < -0.4 is 44.7 Å². The molecule has 3 aromatic carbocycles. The molecule has 0 atom stereocenters. The van der Waals surface area contributed by atoms with E-state index in [2.05, 4.69) is 141 Å². The number of amides is 1. The lowest BCUT2D eigenvalue weighted by Gasteiger charge is -2.27. The zero-order chi connectivity index (χ0) is 41.8. The molecular weight excluding hydrogens is 859 g/mol. The molecule has 6 rings (SSSR count). The highest BCUT2D eigenvalue weighted by Crippen LogP contribution is 2.48. The quantitative estimate of drug-likeness (QED) is 0.0755. The minimum absolute atomic E-state index is 0. The zero-order valence-electron chi connectivity index (χ0n) is 36.8. The molecule has 3 aliphatic rings. The molecular formula is C51H67IN4O4. The van der Waals surface area contributed by atoms with Crippen molar-refractivity contribution in [2.45, 2.75) is 97.3 Å². The molecule has 1 aliphatic carbocycles. The van der Waals surface area contributed by atoms with Crippen molar-refractivity contribution in [3.63, 3.8) is 0 Å². The number of fused-ring (bicyclic) bond motifs is 2. The van der Waals surface area contributed by atoms with Crippen LogP contribution in [0.2, 0.25) is 0 Å². The second-order valence-corrected chi connectivity index (χ2v) is 16.9. The first-order valence-corrected chi connectivity index (χ1v) is 21.9. The Labute approximate surface area is 376 Å². The average molecular weight is 927 g/mol. The van der Waals surface area contributed by atoms with Gasteiger partial charge in [-0.15, -0.1) is 0 Å². The topological polar surface area (TPSA) is 89.1 Å². The molecule has 0 saturated heterocycles. The van der Waals surface area contributed by atoms with Crippen molar-refractivity contribution >= 4 is 23.0 Å². The summed E-state index contributed by atoms with van der Waals surface area (Å²) >= 11 is 0. The monoisotopic (exact) mass is 926 g/mol. The summed E-state index contributed by atoms with van der Waals surface area (Å²) in [5.74, 6) is 1.74. The number of nitrogens with two attached hydrogens (primary N) is 1. The van der Waals surface area contributed by atoms with Crippen LogP contribution in [0, 0.1) is 0 Å². The summed E-state index contributed by atoms with van der Waals surface area (Å²) in [6.07, 6.45) is 15.5. The summed E-state index contributed by atoms with van der Waals surface area (Å²) in [5, 5.41) is 2.95. The minimum atomic E-state index is -0.117. The number of carbonyl (C=O) groups excluding carboxylic acids is 1. The molecule has 8 nitrogen and oxygen atoms in total. The average Bonchev–Trinajstić information content (AvgIpc) is 3.58. The molecule has 3 N–H and O–H groups in total. The summed E-state index contributed by atoms with van der Waals surface area (Å²) in [4.78, 5) is 15.1. The van der Waals surface area contributed by atoms with Crippen LogP contribution in [-0.2, 0) is 31.5 Å². The van der Waals surface area contributed by atoms with E-state index in [9.17, 15) is 4.79 Å². The Hall–Kier alpha value is -4.03. The van der Waals surface area contributed by atoms with Crippen LogP contribution in [0.5, 0.6) is 5.75 Å². The Morgan fingerprint density at radius 1 is 0.833 bits per heavy atom. The summed E-state index contributed by atoms with van der Waals surface area (Å²) in [7, 11) is 0. The molecule has 2 heterocycles. The molecule has 2 aliphatic heterocycles. The van der Waals surface area contributed by atoms with E-state index < -0.39 is 0 Å². The fraction of sp³-hybridized carbons (Fsp3) is 0.451. The van der Waals surface area contributed by atoms with Gasteiger partial charge in [-0.1, -0.05) is 82.3 Å². The predicted octanol–water partition coefficient (Wildman–Crippen LogP) is 6.61. The smallest absolute Gasteiger partial charge is 0.220 e. The largest absolute Gasteiger partial charge is 1.00 e. The lowest BCUT2D eigenvalue weighted by atomic mass is 9.81. The molecule has 60 heavy (non-hydrogen) atoms. The van der Waals surface area contributed by atoms with Crippen molar-refractivity contribution in [1.29, 1.82) is 0 Å². The number of nitrogens with one attached hydrogen (secondary N) is 1. The Morgan fingerprint density at radius 3 is 2.28 bits per heavy atom. The Morgan fingerprint density at radius 2 is 1.55 bits per heavy atom. The number of aryl methyl sites for hydroxylation is 1. The first-order valence-electron chi connectivity index (χ1n) is 21.9. The van der Waals surface area contributed by atoms with E-state index in [0.29, 0.717) is 52.4 Å². The summed E-state index contributed by atoms with van der Waals surface area (Å²) < 4.78 is 20.3. The van der Waals surface area contributed by atoms with E-state index in [1.165, 1.54) is 45.1 Å². The van der Waals surface area contributed by atoms with Crippen LogP contribution in [0.25, 0.3) is 0 Å². The third-order valence-electron chi connectivity index (χ3n) is 11.8. The molecule has 0 aromatic heterocycles. The number of halogens is 1. The second kappa shape index (κ2) is 22.2. The highest BCUT2D eigenvalue weighted by molar-refractivity contribution is 6.03. The number of rotatable bonds is 20. The maximum absolute atomic E-state index is 12.6. The summed E-state index contributed by atoms with van der Waals surface area (Å²) in [6, 6.07) is 25.9. The van der Waals surface area contributed by atoms with Gasteiger partial charge in [0.25, 0.3) is 0 Å². The van der Waals surface area contributed by atoms with Gasteiger partial charge < -0.3 is 54.1 Å². The second-order valence-electron chi connectivity index (χ2n) is 16.9. The highest BCUT2D eigenvalue weighted by Gasteiger charge is 2.44. The van der Waals surface area contributed by atoms with Gasteiger partial charge in [0.1, 0.15) is 18.1 Å². The number of hydrogen-bond acceptors (Lipinski definition) is 6. The van der Waals surface area contributed by atoms with Crippen LogP contribution in [0.1, 0.15) is 96.8 Å². The van der Waals surface area contributed by atoms with Crippen molar-refractivity contribution in [3.05, 3.63) is 136 Å². The fourth-order valence-corrected chi connectivity index (χ4v) is 8.78. The third-order valence-corrected chi connectivity index (χ3v) is 11.8. The van der Waals surface area contributed by atoms with Crippen molar-refractivity contribution in [2.75, 3.05) is 57.5 Å². The zero-order valence-corrected chi connectivity index (χ0v) is 39.0. The van der Waals surface area contributed by atoms with Crippen molar-refractivity contribution in [1.82, 2.24) is 5.32 Å². The van der Waals surface area contributed by atoms with Crippen LogP contribution in [-0.4, -0.2) is 68.8 Å². The molecule has 322 valence electrons. The van der Waals surface area contributed by atoms with Crippen molar-refractivity contribution < 1.29 is 47.6 Å². The van der Waals surface area contributed by atoms with Crippen LogP contribution in [0.15, 0.2) is 120 Å². The van der Waals surface area contributed by atoms with Gasteiger partial charge >= 0.3 is 0 Å². The van der Waals surface area contributed by atoms with E-state index in [-0.39, 0.29) is 40.7 Å². The first kappa shape index (κ1) is 47.0. The Balaban J connectivity index is 0.00000683. The maximum atomic E-state index is 12.6. The van der Waals surface area contributed by atoms with E-state index in [1.807, 2.05) is 12.1 Å². The minimum Gasteiger partial charge on any atom is -1.00 e. The van der Waals surface area contributed by atoms with Gasteiger partial charge in [0.15, 0.2) is 5.71 Å². The summed E-state index contributed by atoms with van der Waals surface area (Å²) in [6.45, 7) is 18.8. The van der Waals surface area contributed by atoms with Gasteiger partial charge in [-0.25, -0.2) is 0 Å². The van der Waals surface area contributed by atoms with Crippen LogP contribution >= 0.6 is 0 Å². The van der Waals surface area contributed by atoms with Crippen LogP contribution in [0.4, 0.5) is 11.4 Å². The van der Waals surface area contributed by atoms with Crippen molar-refractivity contribution in [2.24, 2.45) is 5.73 Å². The van der Waals surface area contributed by atoms with E-state index in [1.54, 1.807) is 0 Å². The number of nitrogens with zero attached hydrogens (tertiary/aromatic N) is 2. The fourth-order valence-electron chi connectivity index (χ4n) is 8.78. The predicted molar refractivity (Wildman–Crippen MR) is 242 cm³/mol. The number of anilines is 1. The molecule has 0 unspecified atom stereocenters. The van der Waals surface area contributed by atoms with Gasteiger partial charge in [0.05, 0.1) is 31.8 Å². The van der Waals surface area contributed by atoms with Crippen LogP contribution in [0.3, 0.4) is 0 Å². The van der Waals surface area contributed by atoms with Gasteiger partial charge in [0.2, 0.25) is 11.6 Å². The Kier molecular flexibility index (Phi) is 17.4. The van der Waals surface area contributed by atoms with Gasteiger partial charge in [-0.3, -0.25) is 4.79 Å². The lowest BCUT2D eigenvalue weighted by Crippen LogP contribution is -3.00. The van der Waals surface area contributed by atoms with Gasteiger partial charge in [-0.2, -0.15) is 4.58 Å².